The number of unbranched alkanes of at least 4 members (excludes halogenated alkanes) is 2. The average molecular weight is 890 g/mol. The number of nitrogens with one attached hydrogen (secondary N) is 3. The van der Waals surface area contributed by atoms with Gasteiger partial charge in [0.05, 0.1) is 5.52 Å². The number of fused-ring (bicyclic) bond motifs is 1. The van der Waals surface area contributed by atoms with Gasteiger partial charge >= 0.3 is 0 Å². The minimum Gasteiger partial charge on any atom is -0.487 e. The van der Waals surface area contributed by atoms with Crippen LogP contribution in [0.25, 0.3) is 10.9 Å². The Balaban J connectivity index is 1.00. The standard InChI is InChI=1S/C50H67N5O6Si2/c1-49(2,48(60-62-3)61-63-4)42(40-23-25-43(46-41(40)24-26-45(57)54-46)59-35-36-17-9-5-10-18-36)33-52-29-15-8-16-30-53-44(56)28-32-55-31-27-39(34-55)50(47(51)58,37-19-11-6-12-20-37)38-21-13-7-14-22-38/h5-7,9-14,17-26,39,42,48,52H,8,15-16,27-35,62-63H2,1-4H3,(H2,51,58)(H,53,56)(H,54,57)/t39-,42-/m1/s1. The Kier molecular flexibility index (Phi) is 17.5. The number of carbonyl (C=O) groups excluding carboxylic acids is 2. The van der Waals surface area contributed by atoms with E-state index in [0.29, 0.717) is 50.5 Å². The number of hydrogen-bond donors (Lipinski definition) is 4. The van der Waals surface area contributed by atoms with Gasteiger partial charge in [-0.15, -0.1) is 0 Å². The van der Waals surface area contributed by atoms with Crippen molar-refractivity contribution in [1.82, 2.24) is 20.5 Å². The van der Waals surface area contributed by atoms with Crippen LogP contribution in [0.5, 0.6) is 5.75 Å². The second-order valence-electron chi connectivity index (χ2n) is 17.2. The quantitative estimate of drug-likeness (QED) is 0.0322. The number of pyridine rings is 1. The fourth-order valence-electron chi connectivity index (χ4n) is 9.42. The van der Waals surface area contributed by atoms with E-state index >= 15 is 0 Å². The summed E-state index contributed by atoms with van der Waals surface area (Å²) < 4.78 is 19.0. The first-order valence-corrected chi connectivity index (χ1v) is 26.7. The number of nitrogens with two attached hydrogens (primary N) is 1. The molecular formula is C50H67N5O6Si2. The number of aromatic amines is 1. The lowest BCUT2D eigenvalue weighted by atomic mass is 9.64. The van der Waals surface area contributed by atoms with Crippen LogP contribution in [-0.2, 0) is 30.5 Å². The number of amides is 2. The van der Waals surface area contributed by atoms with Crippen molar-refractivity contribution in [1.29, 1.82) is 0 Å². The van der Waals surface area contributed by atoms with Crippen LogP contribution in [0.2, 0.25) is 13.1 Å². The molecule has 5 N–H and O–H groups in total. The number of primary amides is 1. The monoisotopic (exact) mass is 889 g/mol. The Hall–Kier alpha value is -4.90. The normalized spacial score (nSPS) is 16.0. The minimum atomic E-state index is -0.941. The van der Waals surface area contributed by atoms with Crippen molar-refractivity contribution in [2.45, 2.75) is 83.3 Å². The summed E-state index contributed by atoms with van der Waals surface area (Å²) in [6.07, 6.45) is 3.72. The summed E-state index contributed by atoms with van der Waals surface area (Å²) in [6, 6.07) is 37.4. The third-order valence-electron chi connectivity index (χ3n) is 12.7. The summed E-state index contributed by atoms with van der Waals surface area (Å²) in [5, 5.41) is 7.82. The maximum Gasteiger partial charge on any atom is 0.248 e. The molecule has 2 atom stereocenters. The van der Waals surface area contributed by atoms with E-state index in [1.165, 1.54) is 0 Å². The van der Waals surface area contributed by atoms with Gasteiger partial charge in [0.2, 0.25) is 17.4 Å². The zero-order chi connectivity index (χ0) is 44.7. The Morgan fingerprint density at radius 3 is 2.11 bits per heavy atom. The van der Waals surface area contributed by atoms with Crippen molar-refractivity contribution in [2.24, 2.45) is 17.1 Å². The summed E-state index contributed by atoms with van der Waals surface area (Å²) >= 11 is 0. The van der Waals surface area contributed by atoms with E-state index in [4.69, 9.17) is 19.3 Å². The highest BCUT2D eigenvalue weighted by molar-refractivity contribution is 6.26. The van der Waals surface area contributed by atoms with E-state index in [1.807, 2.05) is 103 Å². The Labute approximate surface area is 377 Å². The molecule has 2 amide bonds. The summed E-state index contributed by atoms with van der Waals surface area (Å²) in [7, 11) is -1.50. The Morgan fingerprint density at radius 2 is 1.48 bits per heavy atom. The maximum absolute atomic E-state index is 13.4. The lowest BCUT2D eigenvalue weighted by Crippen LogP contribution is -2.49. The third-order valence-corrected chi connectivity index (χ3v) is 14.0. The fraction of sp³-hybridized carbons (Fsp3) is 0.420. The SMILES string of the molecule is C[SiH2]OC(O[SiH2]C)C(C)(C)[C@H](CNCCCCCNC(=O)CCN1CC[C@@H](C(C(N)=O)(c2ccccc2)c2ccccc2)C1)c1ccc(OCc2ccccc2)c2[nH]c(=O)ccc12. The van der Waals surface area contributed by atoms with Gasteiger partial charge in [-0.05, 0) is 72.7 Å². The highest BCUT2D eigenvalue weighted by Gasteiger charge is 2.49. The molecule has 1 fully saturated rings. The number of ether oxygens (including phenoxy) is 1. The zero-order valence-corrected chi connectivity index (χ0v) is 40.4. The first-order valence-electron chi connectivity index (χ1n) is 22.8. The number of H-pyrrole nitrogens is 1. The van der Waals surface area contributed by atoms with Crippen LogP contribution >= 0.6 is 0 Å². The second kappa shape index (κ2) is 23.2. The van der Waals surface area contributed by atoms with Gasteiger partial charge in [-0.25, -0.2) is 0 Å². The smallest absolute Gasteiger partial charge is 0.248 e. The minimum absolute atomic E-state index is 0.00533. The molecule has 0 radical (unpaired) electrons. The molecule has 1 saturated heterocycles. The van der Waals surface area contributed by atoms with Crippen LogP contribution in [-0.4, -0.2) is 86.8 Å². The van der Waals surface area contributed by atoms with E-state index in [-0.39, 0.29) is 40.9 Å². The van der Waals surface area contributed by atoms with Gasteiger partial charge in [-0.1, -0.05) is 130 Å². The van der Waals surface area contributed by atoms with Crippen LogP contribution < -0.4 is 26.7 Å². The Bertz CT molecular complexity index is 2220. The molecule has 4 aromatic carbocycles. The van der Waals surface area contributed by atoms with Crippen molar-refractivity contribution in [2.75, 3.05) is 39.3 Å². The summed E-state index contributed by atoms with van der Waals surface area (Å²) in [6.45, 7) is 13.4. The molecular weight excluding hydrogens is 823 g/mol. The van der Waals surface area contributed by atoms with E-state index in [0.717, 1.165) is 66.4 Å². The largest absolute Gasteiger partial charge is 0.487 e. The molecule has 13 heteroatoms. The van der Waals surface area contributed by atoms with Gasteiger partial charge in [0.1, 0.15) is 24.1 Å². The predicted octanol–water partition coefficient (Wildman–Crippen LogP) is 5.90. The molecule has 2 heterocycles. The van der Waals surface area contributed by atoms with Gasteiger partial charge in [-0.3, -0.25) is 14.4 Å². The third kappa shape index (κ3) is 11.8. The molecule has 11 nitrogen and oxygen atoms in total. The highest BCUT2D eigenvalue weighted by Crippen LogP contribution is 2.45. The lowest BCUT2D eigenvalue weighted by Gasteiger charge is -2.41. The lowest BCUT2D eigenvalue weighted by molar-refractivity contribution is -0.124. The average Bonchev–Trinajstić information content (AvgIpc) is 3.77. The molecule has 5 aromatic rings. The molecule has 1 aliphatic heterocycles. The van der Waals surface area contributed by atoms with Gasteiger partial charge in [0, 0.05) is 55.4 Å². The predicted molar refractivity (Wildman–Crippen MR) is 258 cm³/mol. The molecule has 0 aliphatic carbocycles. The van der Waals surface area contributed by atoms with E-state index in [1.54, 1.807) is 6.07 Å². The number of benzene rings is 4. The number of aromatic nitrogens is 1. The molecule has 1 aliphatic rings. The number of likely N-dealkylation sites (tertiary alicyclic amines) is 1. The summed E-state index contributed by atoms with van der Waals surface area (Å²) in [5.74, 6) is 0.326. The van der Waals surface area contributed by atoms with Crippen LogP contribution in [0.3, 0.4) is 0 Å². The van der Waals surface area contributed by atoms with Crippen LogP contribution in [0.15, 0.2) is 120 Å². The van der Waals surface area contributed by atoms with E-state index in [9.17, 15) is 14.4 Å². The number of carbonyl (C=O) groups is 2. The van der Waals surface area contributed by atoms with Crippen molar-refractivity contribution < 1.29 is 23.2 Å². The van der Waals surface area contributed by atoms with E-state index < -0.39 is 24.9 Å². The summed E-state index contributed by atoms with van der Waals surface area (Å²) in [5.41, 5.74) is 9.44. The first kappa shape index (κ1) is 47.6. The topological polar surface area (TPSA) is 148 Å². The zero-order valence-electron chi connectivity index (χ0n) is 37.6. The number of hydrogen-bond acceptors (Lipinski definition) is 8. The first-order chi connectivity index (χ1) is 30.6. The van der Waals surface area contributed by atoms with Gasteiger partial charge in [0.25, 0.3) is 0 Å². The van der Waals surface area contributed by atoms with Gasteiger partial charge < -0.3 is 39.8 Å². The molecule has 0 spiro atoms. The Morgan fingerprint density at radius 1 is 0.841 bits per heavy atom. The van der Waals surface area contributed by atoms with Gasteiger partial charge in [-0.2, -0.15) is 0 Å². The number of nitrogens with zero attached hydrogens (tertiary/aromatic N) is 1. The van der Waals surface area contributed by atoms with Gasteiger partial charge in [0.15, 0.2) is 19.5 Å². The molecule has 1 aromatic heterocycles. The van der Waals surface area contributed by atoms with E-state index in [2.05, 4.69) is 53.5 Å². The van der Waals surface area contributed by atoms with Crippen molar-refractivity contribution in [3.8, 4) is 5.75 Å². The summed E-state index contributed by atoms with van der Waals surface area (Å²) in [4.78, 5) is 44.4. The maximum atomic E-state index is 13.4. The highest BCUT2D eigenvalue weighted by atomic mass is 28.2. The van der Waals surface area contributed by atoms with Crippen LogP contribution in [0.1, 0.15) is 74.1 Å². The van der Waals surface area contributed by atoms with Crippen molar-refractivity contribution in [3.05, 3.63) is 148 Å². The molecule has 0 saturated carbocycles. The van der Waals surface area contributed by atoms with Crippen LogP contribution in [0.4, 0.5) is 0 Å². The molecule has 6 rings (SSSR count). The second-order valence-corrected chi connectivity index (χ2v) is 19.0. The molecule has 0 unspecified atom stereocenters. The number of rotatable bonds is 25. The molecule has 63 heavy (non-hydrogen) atoms. The molecule has 0 bridgehead atoms. The molecule has 336 valence electrons. The van der Waals surface area contributed by atoms with Crippen molar-refractivity contribution >= 4 is 42.2 Å². The van der Waals surface area contributed by atoms with Crippen LogP contribution in [0, 0.1) is 11.3 Å². The van der Waals surface area contributed by atoms with Crippen molar-refractivity contribution in [3.63, 3.8) is 0 Å². The fourth-order valence-corrected chi connectivity index (χ4v) is 11.3.